The van der Waals surface area contributed by atoms with Crippen LogP contribution < -0.4 is 0 Å². The van der Waals surface area contributed by atoms with Crippen LogP contribution in [0.5, 0.6) is 0 Å². The summed E-state index contributed by atoms with van der Waals surface area (Å²) in [5.41, 5.74) is 1.69. The fourth-order valence-electron chi connectivity index (χ4n) is 2.16. The molecule has 1 amide bonds. The molecule has 3 rings (SSSR count). The van der Waals surface area contributed by atoms with Crippen molar-refractivity contribution in [1.29, 1.82) is 0 Å². The third-order valence-corrected chi connectivity index (χ3v) is 3.19. The Morgan fingerprint density at radius 2 is 2.32 bits per heavy atom. The summed E-state index contributed by atoms with van der Waals surface area (Å²) in [6, 6.07) is 1.33. The Morgan fingerprint density at radius 1 is 1.47 bits per heavy atom. The van der Waals surface area contributed by atoms with Crippen LogP contribution in [0.15, 0.2) is 24.7 Å². The molecule has 98 valence electrons. The summed E-state index contributed by atoms with van der Waals surface area (Å²) in [7, 11) is 0. The predicted molar refractivity (Wildman–Crippen MR) is 65.1 cm³/mol. The SMILES string of the molecule is O=C(O)N1CC=C(c2cn3ncnc3cc2F)CC1. The molecule has 0 aromatic carbocycles. The van der Waals surface area contributed by atoms with Gasteiger partial charge in [-0.1, -0.05) is 6.08 Å². The van der Waals surface area contributed by atoms with Crippen molar-refractivity contribution in [2.45, 2.75) is 6.42 Å². The minimum absolute atomic E-state index is 0.277. The largest absolute Gasteiger partial charge is 0.465 e. The van der Waals surface area contributed by atoms with E-state index in [4.69, 9.17) is 5.11 Å². The Labute approximate surface area is 107 Å². The molecule has 0 bridgehead atoms. The summed E-state index contributed by atoms with van der Waals surface area (Å²) >= 11 is 0. The lowest BCUT2D eigenvalue weighted by atomic mass is 10.0. The van der Waals surface area contributed by atoms with Crippen LogP contribution in [0.3, 0.4) is 0 Å². The van der Waals surface area contributed by atoms with E-state index in [0.29, 0.717) is 24.2 Å². The summed E-state index contributed by atoms with van der Waals surface area (Å²) in [6.45, 7) is 0.648. The van der Waals surface area contributed by atoms with Gasteiger partial charge in [0.1, 0.15) is 12.1 Å². The highest BCUT2D eigenvalue weighted by atomic mass is 19.1. The molecule has 1 N–H and O–H groups in total. The van der Waals surface area contributed by atoms with Gasteiger partial charge in [0.05, 0.1) is 0 Å². The number of nitrogens with zero attached hydrogens (tertiary/aromatic N) is 4. The number of aromatic nitrogens is 3. The van der Waals surface area contributed by atoms with Crippen LogP contribution in [0.4, 0.5) is 9.18 Å². The molecule has 0 fully saturated rings. The minimum atomic E-state index is -0.956. The van der Waals surface area contributed by atoms with E-state index < -0.39 is 6.09 Å². The second-order valence-corrected chi connectivity index (χ2v) is 4.31. The summed E-state index contributed by atoms with van der Waals surface area (Å²) in [5, 5.41) is 12.8. The molecule has 0 spiro atoms. The average Bonchev–Trinajstić information content (AvgIpc) is 2.85. The zero-order chi connectivity index (χ0) is 13.4. The number of hydrogen-bond donors (Lipinski definition) is 1. The summed E-state index contributed by atoms with van der Waals surface area (Å²) < 4.78 is 15.5. The summed E-state index contributed by atoms with van der Waals surface area (Å²) in [5.74, 6) is -0.365. The van der Waals surface area contributed by atoms with Gasteiger partial charge in [0, 0.05) is 30.9 Å². The van der Waals surface area contributed by atoms with E-state index in [1.807, 2.05) is 0 Å². The Balaban J connectivity index is 1.96. The predicted octanol–water partition coefficient (Wildman–Crippen LogP) is 1.64. The van der Waals surface area contributed by atoms with Crippen molar-refractivity contribution in [2.75, 3.05) is 13.1 Å². The molecule has 0 radical (unpaired) electrons. The van der Waals surface area contributed by atoms with Crippen molar-refractivity contribution in [3.8, 4) is 0 Å². The van der Waals surface area contributed by atoms with Crippen LogP contribution in [0.1, 0.15) is 12.0 Å². The van der Waals surface area contributed by atoms with Crippen molar-refractivity contribution in [3.05, 3.63) is 36.0 Å². The molecule has 2 aromatic heterocycles. The van der Waals surface area contributed by atoms with Gasteiger partial charge in [0.2, 0.25) is 0 Å². The van der Waals surface area contributed by atoms with E-state index >= 15 is 0 Å². The molecule has 0 saturated heterocycles. The number of pyridine rings is 1. The number of carboxylic acid groups (broad SMARTS) is 1. The lowest BCUT2D eigenvalue weighted by molar-refractivity contribution is 0.150. The number of fused-ring (bicyclic) bond motifs is 1. The molecular formula is C12H11FN4O2. The Hall–Kier alpha value is -2.44. The Kier molecular flexibility index (Phi) is 2.66. The van der Waals surface area contributed by atoms with Crippen LogP contribution in [0, 0.1) is 5.82 Å². The van der Waals surface area contributed by atoms with Gasteiger partial charge in [-0.2, -0.15) is 5.10 Å². The van der Waals surface area contributed by atoms with Crippen molar-refractivity contribution in [2.24, 2.45) is 0 Å². The monoisotopic (exact) mass is 262 g/mol. The highest BCUT2D eigenvalue weighted by Crippen LogP contribution is 2.25. The standard InChI is InChI=1S/C12H11FN4O2/c13-10-5-11-14-7-15-17(11)6-9(10)8-1-3-16(4-2-8)12(18)19/h1,5-7H,2-4H2,(H,18,19). The normalized spacial score (nSPS) is 15.6. The van der Waals surface area contributed by atoms with Gasteiger partial charge in [-0.05, 0) is 12.0 Å². The number of rotatable bonds is 1. The minimum Gasteiger partial charge on any atom is -0.465 e. The Bertz CT molecular complexity index is 679. The lowest BCUT2D eigenvalue weighted by Crippen LogP contribution is -2.33. The molecule has 2 aromatic rings. The van der Waals surface area contributed by atoms with Gasteiger partial charge in [0.15, 0.2) is 5.65 Å². The molecule has 19 heavy (non-hydrogen) atoms. The number of amides is 1. The molecule has 0 atom stereocenters. The van der Waals surface area contributed by atoms with E-state index in [2.05, 4.69) is 10.1 Å². The Morgan fingerprint density at radius 3 is 3.00 bits per heavy atom. The number of hydrogen-bond acceptors (Lipinski definition) is 3. The molecule has 1 aliphatic heterocycles. The van der Waals surface area contributed by atoms with Gasteiger partial charge in [0.25, 0.3) is 0 Å². The molecule has 7 heteroatoms. The van der Waals surface area contributed by atoms with Gasteiger partial charge in [-0.25, -0.2) is 18.7 Å². The van der Waals surface area contributed by atoms with Gasteiger partial charge >= 0.3 is 6.09 Å². The fraction of sp³-hybridized carbons (Fsp3) is 0.250. The highest BCUT2D eigenvalue weighted by molar-refractivity contribution is 5.71. The first-order valence-corrected chi connectivity index (χ1v) is 5.81. The van der Waals surface area contributed by atoms with E-state index in [1.165, 1.54) is 21.8 Å². The van der Waals surface area contributed by atoms with Crippen molar-refractivity contribution < 1.29 is 14.3 Å². The van der Waals surface area contributed by atoms with Gasteiger partial charge in [-0.15, -0.1) is 0 Å². The van der Waals surface area contributed by atoms with Crippen LogP contribution in [-0.2, 0) is 0 Å². The fourth-order valence-corrected chi connectivity index (χ4v) is 2.16. The number of halogens is 1. The summed E-state index contributed by atoms with van der Waals surface area (Å²) in [4.78, 5) is 16.0. The van der Waals surface area contributed by atoms with E-state index in [0.717, 1.165) is 5.57 Å². The third kappa shape index (κ3) is 2.03. The van der Waals surface area contributed by atoms with E-state index in [9.17, 15) is 9.18 Å². The maximum atomic E-state index is 14.0. The molecule has 3 heterocycles. The zero-order valence-electron chi connectivity index (χ0n) is 9.95. The molecule has 0 aliphatic carbocycles. The maximum Gasteiger partial charge on any atom is 0.407 e. The zero-order valence-corrected chi connectivity index (χ0v) is 9.95. The smallest absolute Gasteiger partial charge is 0.407 e. The highest BCUT2D eigenvalue weighted by Gasteiger charge is 2.19. The first-order valence-electron chi connectivity index (χ1n) is 5.81. The van der Waals surface area contributed by atoms with Crippen molar-refractivity contribution >= 4 is 17.3 Å². The molecular weight excluding hydrogens is 251 g/mol. The topological polar surface area (TPSA) is 70.7 Å². The quantitative estimate of drug-likeness (QED) is 0.848. The average molecular weight is 262 g/mol. The molecule has 6 nitrogen and oxygen atoms in total. The summed E-state index contributed by atoms with van der Waals surface area (Å²) in [6.07, 6.45) is 4.21. The maximum absolute atomic E-state index is 14.0. The third-order valence-electron chi connectivity index (χ3n) is 3.19. The molecule has 0 unspecified atom stereocenters. The van der Waals surface area contributed by atoms with Crippen molar-refractivity contribution in [3.63, 3.8) is 0 Å². The van der Waals surface area contributed by atoms with Gasteiger partial charge in [-0.3, -0.25) is 0 Å². The van der Waals surface area contributed by atoms with Crippen LogP contribution in [0.25, 0.3) is 11.2 Å². The van der Waals surface area contributed by atoms with Gasteiger partial charge < -0.3 is 10.0 Å². The molecule has 0 saturated carbocycles. The van der Waals surface area contributed by atoms with Crippen molar-refractivity contribution in [1.82, 2.24) is 19.5 Å². The van der Waals surface area contributed by atoms with E-state index in [-0.39, 0.29) is 12.4 Å². The first kappa shape index (κ1) is 11.6. The second kappa shape index (κ2) is 4.34. The van der Waals surface area contributed by atoms with Crippen LogP contribution >= 0.6 is 0 Å². The van der Waals surface area contributed by atoms with Crippen LogP contribution in [0.2, 0.25) is 0 Å². The molecule has 1 aliphatic rings. The van der Waals surface area contributed by atoms with Crippen LogP contribution in [-0.4, -0.2) is 43.8 Å². The lowest BCUT2D eigenvalue weighted by Gasteiger charge is -2.23. The number of carbonyl (C=O) groups is 1. The first-order chi connectivity index (χ1) is 9.15. The van der Waals surface area contributed by atoms with E-state index in [1.54, 1.807) is 12.3 Å². The second-order valence-electron chi connectivity index (χ2n) is 4.31.